The summed E-state index contributed by atoms with van der Waals surface area (Å²) in [6.07, 6.45) is -0.217. The average molecular weight is 252 g/mol. The lowest BCUT2D eigenvalue weighted by Crippen LogP contribution is -2.52. The van der Waals surface area contributed by atoms with Crippen LogP contribution in [0.5, 0.6) is 0 Å². The summed E-state index contributed by atoms with van der Waals surface area (Å²) in [4.78, 5) is 0. The Hall–Kier alpha value is -0.210. The highest BCUT2D eigenvalue weighted by Crippen LogP contribution is 2.12. The van der Waals surface area contributed by atoms with Gasteiger partial charge in [-0.3, -0.25) is 0 Å². The maximum atomic E-state index is 11.9. The van der Waals surface area contributed by atoms with Gasteiger partial charge in [-0.25, -0.2) is 8.42 Å². The van der Waals surface area contributed by atoms with Gasteiger partial charge in [-0.05, 0) is 6.92 Å². The highest BCUT2D eigenvalue weighted by atomic mass is 32.2. The second-order valence-corrected chi connectivity index (χ2v) is 6.02. The van der Waals surface area contributed by atoms with Crippen molar-refractivity contribution in [1.82, 2.24) is 4.31 Å². The molecule has 0 saturated carbocycles. The van der Waals surface area contributed by atoms with Crippen LogP contribution in [0.4, 0.5) is 0 Å². The highest BCUT2D eigenvalue weighted by molar-refractivity contribution is 7.89. The maximum Gasteiger partial charge on any atom is 0.216 e. The second-order valence-electron chi connectivity index (χ2n) is 3.94. The van der Waals surface area contributed by atoms with E-state index in [0.717, 1.165) is 0 Å². The van der Waals surface area contributed by atoms with Gasteiger partial charge in [0.2, 0.25) is 10.0 Å². The molecule has 0 bridgehead atoms. The molecule has 2 atom stereocenters. The number of hydrogen-bond acceptors (Lipinski definition) is 5. The van der Waals surface area contributed by atoms with E-state index in [1.165, 1.54) is 11.4 Å². The second kappa shape index (κ2) is 5.92. The third kappa shape index (κ3) is 3.67. The maximum absolute atomic E-state index is 11.9. The molecule has 0 aromatic rings. The molecule has 0 aliphatic carbocycles. The summed E-state index contributed by atoms with van der Waals surface area (Å²) in [6, 6.07) is -0.166. The summed E-state index contributed by atoms with van der Waals surface area (Å²) in [6.45, 7) is 3.16. The van der Waals surface area contributed by atoms with Crippen LogP contribution in [0.25, 0.3) is 0 Å². The fraction of sp³-hybridized carbons (Fsp3) is 1.00. The lowest BCUT2D eigenvalue weighted by Gasteiger charge is -2.33. The Kier molecular flexibility index (Phi) is 5.13. The van der Waals surface area contributed by atoms with Gasteiger partial charge in [0.25, 0.3) is 0 Å². The summed E-state index contributed by atoms with van der Waals surface area (Å²) < 4.78 is 35.3. The molecule has 1 saturated heterocycles. The highest BCUT2D eigenvalue weighted by Gasteiger charge is 2.30. The minimum atomic E-state index is -3.24. The number of ether oxygens (including phenoxy) is 2. The normalized spacial score (nSPS) is 25.6. The topological polar surface area (TPSA) is 81.9 Å². The fourth-order valence-corrected chi connectivity index (χ4v) is 2.90. The van der Waals surface area contributed by atoms with Gasteiger partial charge >= 0.3 is 0 Å². The zero-order chi connectivity index (χ0) is 12.2. The standard InChI is InChI=1S/C9H20N2O4S/c1-8(10)9-7-11(3-4-15-9)16(12,13)6-5-14-2/h8-9H,3-7,10H2,1-2H3. The van der Waals surface area contributed by atoms with Crippen LogP contribution in [0, 0.1) is 0 Å². The molecule has 6 nitrogen and oxygen atoms in total. The minimum absolute atomic E-state index is 0.00910. The van der Waals surface area contributed by atoms with Gasteiger partial charge in [-0.1, -0.05) is 0 Å². The molecule has 1 aliphatic heterocycles. The van der Waals surface area contributed by atoms with Crippen LogP contribution in [-0.2, 0) is 19.5 Å². The Morgan fingerprint density at radius 3 is 2.88 bits per heavy atom. The van der Waals surface area contributed by atoms with Crippen molar-refractivity contribution in [2.75, 3.05) is 39.2 Å². The van der Waals surface area contributed by atoms with Crippen LogP contribution in [0.1, 0.15) is 6.92 Å². The Balaban J connectivity index is 2.59. The summed E-state index contributed by atoms with van der Waals surface area (Å²) >= 11 is 0. The Morgan fingerprint density at radius 1 is 1.62 bits per heavy atom. The number of methoxy groups -OCH3 is 1. The molecule has 1 aliphatic rings. The van der Waals surface area contributed by atoms with E-state index < -0.39 is 10.0 Å². The van der Waals surface area contributed by atoms with Crippen molar-refractivity contribution in [1.29, 1.82) is 0 Å². The van der Waals surface area contributed by atoms with Crippen molar-refractivity contribution in [3.63, 3.8) is 0 Å². The molecule has 1 heterocycles. The summed E-state index contributed by atoms with van der Waals surface area (Å²) in [5, 5.41) is 0. The van der Waals surface area contributed by atoms with Gasteiger partial charge in [0.15, 0.2) is 0 Å². The molecular formula is C9H20N2O4S. The molecule has 96 valence electrons. The van der Waals surface area contributed by atoms with Crippen LogP contribution in [0.15, 0.2) is 0 Å². The predicted molar refractivity (Wildman–Crippen MR) is 60.6 cm³/mol. The van der Waals surface area contributed by atoms with E-state index in [9.17, 15) is 8.42 Å². The molecule has 2 N–H and O–H groups in total. The first-order chi connectivity index (χ1) is 7.47. The first-order valence-corrected chi connectivity index (χ1v) is 6.92. The van der Waals surface area contributed by atoms with E-state index in [1.54, 1.807) is 0 Å². The molecule has 1 rings (SSSR count). The number of morpholine rings is 1. The average Bonchev–Trinajstić information content (AvgIpc) is 2.26. The first-order valence-electron chi connectivity index (χ1n) is 5.31. The van der Waals surface area contributed by atoms with Crippen LogP contribution in [-0.4, -0.2) is 64.0 Å². The molecule has 7 heteroatoms. The number of nitrogens with two attached hydrogens (primary N) is 1. The van der Waals surface area contributed by atoms with Gasteiger partial charge in [-0.15, -0.1) is 0 Å². The van der Waals surface area contributed by atoms with Crippen LogP contribution in [0.2, 0.25) is 0 Å². The molecule has 16 heavy (non-hydrogen) atoms. The molecule has 0 aromatic carbocycles. The van der Waals surface area contributed by atoms with Crippen molar-refractivity contribution in [2.24, 2.45) is 5.73 Å². The van der Waals surface area contributed by atoms with Crippen molar-refractivity contribution < 1.29 is 17.9 Å². The smallest absolute Gasteiger partial charge is 0.216 e. The van der Waals surface area contributed by atoms with E-state index in [0.29, 0.717) is 19.7 Å². The van der Waals surface area contributed by atoms with Crippen molar-refractivity contribution in [3.05, 3.63) is 0 Å². The number of nitrogens with zero attached hydrogens (tertiary/aromatic N) is 1. The van der Waals surface area contributed by atoms with Gasteiger partial charge in [0.05, 0.1) is 25.1 Å². The molecular weight excluding hydrogens is 232 g/mol. The lowest BCUT2D eigenvalue weighted by atomic mass is 10.2. The van der Waals surface area contributed by atoms with Crippen molar-refractivity contribution in [3.8, 4) is 0 Å². The number of rotatable bonds is 5. The number of sulfonamides is 1. The Bertz CT molecular complexity index is 305. The van der Waals surface area contributed by atoms with Crippen molar-refractivity contribution in [2.45, 2.75) is 19.1 Å². The first kappa shape index (κ1) is 13.9. The van der Waals surface area contributed by atoms with Crippen LogP contribution < -0.4 is 5.73 Å². The SMILES string of the molecule is COCCS(=O)(=O)N1CCOC(C(C)N)C1. The zero-order valence-corrected chi connectivity index (χ0v) is 10.6. The van der Waals surface area contributed by atoms with Crippen molar-refractivity contribution >= 4 is 10.0 Å². The lowest BCUT2D eigenvalue weighted by molar-refractivity contribution is -0.0121. The summed E-state index contributed by atoms with van der Waals surface area (Å²) in [7, 11) is -1.75. The molecule has 0 spiro atoms. The van der Waals surface area contributed by atoms with Gasteiger partial charge in [-0.2, -0.15) is 4.31 Å². The summed E-state index contributed by atoms with van der Waals surface area (Å²) in [5.74, 6) is 0.00910. The minimum Gasteiger partial charge on any atom is -0.384 e. The molecule has 2 unspecified atom stereocenters. The van der Waals surface area contributed by atoms with E-state index in [1.807, 2.05) is 6.92 Å². The quantitative estimate of drug-likeness (QED) is 0.679. The molecule has 1 fully saturated rings. The van der Waals surface area contributed by atoms with Gasteiger partial charge in [0, 0.05) is 26.2 Å². The van der Waals surface area contributed by atoms with Crippen LogP contribution >= 0.6 is 0 Å². The van der Waals surface area contributed by atoms with E-state index in [2.05, 4.69) is 0 Å². The third-order valence-corrected chi connectivity index (χ3v) is 4.38. The van der Waals surface area contributed by atoms with E-state index >= 15 is 0 Å². The Labute approximate surface area is 96.7 Å². The molecule has 0 radical (unpaired) electrons. The fourth-order valence-electron chi connectivity index (χ4n) is 1.54. The third-order valence-electron chi connectivity index (χ3n) is 2.58. The monoisotopic (exact) mass is 252 g/mol. The molecule has 0 amide bonds. The van der Waals surface area contributed by atoms with E-state index in [-0.39, 0.29) is 24.5 Å². The van der Waals surface area contributed by atoms with E-state index in [4.69, 9.17) is 15.2 Å². The summed E-state index contributed by atoms with van der Waals surface area (Å²) in [5.41, 5.74) is 5.70. The predicted octanol–water partition coefficient (Wildman–Crippen LogP) is -0.989. The number of hydrogen-bond donors (Lipinski definition) is 1. The zero-order valence-electron chi connectivity index (χ0n) is 9.76. The van der Waals surface area contributed by atoms with Crippen LogP contribution in [0.3, 0.4) is 0 Å². The molecule has 0 aromatic heterocycles. The van der Waals surface area contributed by atoms with Gasteiger partial charge < -0.3 is 15.2 Å². The Morgan fingerprint density at radius 2 is 2.31 bits per heavy atom. The van der Waals surface area contributed by atoms with Gasteiger partial charge in [0.1, 0.15) is 0 Å². The largest absolute Gasteiger partial charge is 0.384 e.